The maximum Gasteiger partial charge on any atom is 0.244 e. The second-order valence-corrected chi connectivity index (χ2v) is 8.08. The molecule has 0 bridgehead atoms. The van der Waals surface area contributed by atoms with Gasteiger partial charge in [-0.05, 0) is 35.4 Å². The third kappa shape index (κ3) is 3.04. The molecule has 0 unspecified atom stereocenters. The standard InChI is InChI=1S/C14H19N7O2S/c22-24(23,13-2-1-5-15-10-13)20-8-6-19(7-9-20)11-14-16-17-18-21(14)12-3-4-12/h1-2,5,10,12H,3-4,6-9,11H2. The van der Waals surface area contributed by atoms with E-state index in [1.54, 1.807) is 18.3 Å². The number of pyridine rings is 1. The summed E-state index contributed by atoms with van der Waals surface area (Å²) >= 11 is 0. The van der Waals surface area contributed by atoms with Crippen LogP contribution in [-0.2, 0) is 16.6 Å². The summed E-state index contributed by atoms with van der Waals surface area (Å²) in [7, 11) is -3.46. The first-order valence-electron chi connectivity index (χ1n) is 8.04. The minimum absolute atomic E-state index is 0.246. The van der Waals surface area contributed by atoms with Crippen molar-refractivity contribution in [3.63, 3.8) is 0 Å². The molecule has 0 N–H and O–H groups in total. The zero-order chi connectivity index (χ0) is 16.6. The molecule has 1 saturated carbocycles. The largest absolute Gasteiger partial charge is 0.293 e. The molecule has 0 amide bonds. The van der Waals surface area contributed by atoms with Gasteiger partial charge in [0.05, 0.1) is 12.6 Å². The molecule has 3 heterocycles. The molecule has 2 aromatic rings. The minimum atomic E-state index is -3.46. The topological polar surface area (TPSA) is 97.1 Å². The maximum absolute atomic E-state index is 12.6. The van der Waals surface area contributed by atoms with Crippen LogP contribution in [0.3, 0.4) is 0 Å². The summed E-state index contributed by atoms with van der Waals surface area (Å²) in [6.07, 6.45) is 5.23. The predicted octanol–water partition coefficient (Wildman–Crippen LogP) is -0.0905. The highest BCUT2D eigenvalue weighted by Gasteiger charge is 2.31. The zero-order valence-corrected chi connectivity index (χ0v) is 14.0. The van der Waals surface area contributed by atoms with Crippen LogP contribution in [0.2, 0.25) is 0 Å². The van der Waals surface area contributed by atoms with E-state index in [-0.39, 0.29) is 4.90 Å². The SMILES string of the molecule is O=S(=O)(c1cccnc1)N1CCN(Cc2nnnn2C2CC2)CC1. The molecule has 0 atom stereocenters. The Morgan fingerprint density at radius 2 is 1.96 bits per heavy atom. The molecule has 1 aliphatic carbocycles. The van der Waals surface area contributed by atoms with Gasteiger partial charge in [0.2, 0.25) is 10.0 Å². The summed E-state index contributed by atoms with van der Waals surface area (Å²) in [6, 6.07) is 3.67. The molecule has 9 nitrogen and oxygen atoms in total. The molecule has 2 fully saturated rings. The summed E-state index contributed by atoms with van der Waals surface area (Å²) in [5, 5.41) is 11.9. The second-order valence-electron chi connectivity index (χ2n) is 6.14. The number of sulfonamides is 1. The lowest BCUT2D eigenvalue weighted by Gasteiger charge is -2.33. The Morgan fingerprint density at radius 3 is 2.62 bits per heavy atom. The Hall–Kier alpha value is -1.91. The summed E-state index contributed by atoms with van der Waals surface area (Å²) < 4.78 is 28.6. The first-order valence-corrected chi connectivity index (χ1v) is 9.48. The van der Waals surface area contributed by atoms with Gasteiger partial charge < -0.3 is 0 Å². The fourth-order valence-electron chi connectivity index (χ4n) is 2.90. The van der Waals surface area contributed by atoms with Gasteiger partial charge in [0.25, 0.3) is 0 Å². The van der Waals surface area contributed by atoms with E-state index in [0.29, 0.717) is 38.8 Å². The van der Waals surface area contributed by atoms with E-state index in [1.807, 2.05) is 4.68 Å². The van der Waals surface area contributed by atoms with E-state index in [2.05, 4.69) is 25.4 Å². The van der Waals surface area contributed by atoms with Crippen molar-refractivity contribution in [1.82, 2.24) is 34.4 Å². The van der Waals surface area contributed by atoms with E-state index in [9.17, 15) is 8.42 Å². The Bertz CT molecular complexity index is 796. The van der Waals surface area contributed by atoms with E-state index < -0.39 is 10.0 Å². The number of tetrazole rings is 1. The van der Waals surface area contributed by atoms with Gasteiger partial charge in [-0.2, -0.15) is 4.31 Å². The molecule has 2 aromatic heterocycles. The van der Waals surface area contributed by atoms with Crippen molar-refractivity contribution < 1.29 is 8.42 Å². The quantitative estimate of drug-likeness (QED) is 0.744. The van der Waals surface area contributed by atoms with Gasteiger partial charge in [0.1, 0.15) is 4.90 Å². The molecule has 1 saturated heterocycles. The summed E-state index contributed by atoms with van der Waals surface area (Å²) in [6.45, 7) is 2.91. The van der Waals surface area contributed by atoms with Crippen molar-refractivity contribution in [3.8, 4) is 0 Å². The van der Waals surface area contributed by atoms with Crippen LogP contribution in [0.4, 0.5) is 0 Å². The molecular weight excluding hydrogens is 330 g/mol. The fourth-order valence-corrected chi connectivity index (χ4v) is 4.28. The van der Waals surface area contributed by atoms with Crippen molar-refractivity contribution >= 4 is 10.0 Å². The third-order valence-electron chi connectivity index (χ3n) is 4.42. The fraction of sp³-hybridized carbons (Fsp3) is 0.571. The van der Waals surface area contributed by atoms with Gasteiger partial charge in [0, 0.05) is 38.6 Å². The lowest BCUT2D eigenvalue weighted by molar-refractivity contribution is 0.175. The van der Waals surface area contributed by atoms with Crippen LogP contribution in [0.5, 0.6) is 0 Å². The molecule has 0 aromatic carbocycles. The molecule has 128 valence electrons. The molecule has 0 radical (unpaired) electrons. The van der Waals surface area contributed by atoms with Crippen molar-refractivity contribution in [2.45, 2.75) is 30.3 Å². The molecule has 2 aliphatic rings. The van der Waals surface area contributed by atoms with Crippen LogP contribution >= 0.6 is 0 Å². The smallest absolute Gasteiger partial charge is 0.244 e. The lowest BCUT2D eigenvalue weighted by atomic mass is 10.3. The second kappa shape index (κ2) is 6.19. The minimum Gasteiger partial charge on any atom is -0.293 e. The van der Waals surface area contributed by atoms with Crippen LogP contribution in [0.25, 0.3) is 0 Å². The molecular formula is C14H19N7O2S. The number of nitrogens with zero attached hydrogens (tertiary/aromatic N) is 7. The van der Waals surface area contributed by atoms with Gasteiger partial charge in [-0.3, -0.25) is 9.88 Å². The van der Waals surface area contributed by atoms with Crippen LogP contribution < -0.4 is 0 Å². The Labute approximate surface area is 140 Å². The predicted molar refractivity (Wildman–Crippen MR) is 84.4 cm³/mol. The normalized spacial score (nSPS) is 20.3. The van der Waals surface area contributed by atoms with E-state index in [0.717, 1.165) is 18.7 Å². The number of piperazine rings is 1. The number of rotatable bonds is 5. The molecule has 4 rings (SSSR count). The zero-order valence-electron chi connectivity index (χ0n) is 13.2. The Morgan fingerprint density at radius 1 is 1.17 bits per heavy atom. The lowest BCUT2D eigenvalue weighted by Crippen LogP contribution is -2.48. The summed E-state index contributed by atoms with van der Waals surface area (Å²) in [5.74, 6) is 0.862. The summed E-state index contributed by atoms with van der Waals surface area (Å²) in [5.41, 5.74) is 0. The maximum atomic E-state index is 12.6. The summed E-state index contributed by atoms with van der Waals surface area (Å²) in [4.78, 5) is 6.34. The third-order valence-corrected chi connectivity index (χ3v) is 6.30. The van der Waals surface area contributed by atoms with Gasteiger partial charge in [0.15, 0.2) is 5.82 Å². The molecule has 0 spiro atoms. The van der Waals surface area contributed by atoms with Crippen LogP contribution in [-0.4, -0.2) is 69.0 Å². The van der Waals surface area contributed by atoms with Crippen LogP contribution in [0.1, 0.15) is 24.7 Å². The van der Waals surface area contributed by atoms with Gasteiger partial charge in [-0.1, -0.05) is 0 Å². The van der Waals surface area contributed by atoms with Crippen LogP contribution in [0.15, 0.2) is 29.4 Å². The van der Waals surface area contributed by atoms with Crippen molar-refractivity contribution in [1.29, 1.82) is 0 Å². The first kappa shape index (κ1) is 15.6. The van der Waals surface area contributed by atoms with Crippen molar-refractivity contribution in [3.05, 3.63) is 30.4 Å². The number of aromatic nitrogens is 5. The Kier molecular flexibility index (Phi) is 4.02. The highest BCUT2D eigenvalue weighted by molar-refractivity contribution is 7.89. The van der Waals surface area contributed by atoms with Crippen molar-refractivity contribution in [2.75, 3.05) is 26.2 Å². The van der Waals surface area contributed by atoms with E-state index in [1.165, 1.54) is 10.5 Å². The molecule has 10 heteroatoms. The van der Waals surface area contributed by atoms with E-state index >= 15 is 0 Å². The first-order chi connectivity index (χ1) is 11.6. The number of hydrogen-bond donors (Lipinski definition) is 0. The highest BCUT2D eigenvalue weighted by Crippen LogP contribution is 2.34. The van der Waals surface area contributed by atoms with Crippen LogP contribution in [0, 0.1) is 0 Å². The van der Waals surface area contributed by atoms with Gasteiger partial charge in [-0.25, -0.2) is 13.1 Å². The average molecular weight is 349 g/mol. The number of hydrogen-bond acceptors (Lipinski definition) is 7. The van der Waals surface area contributed by atoms with Gasteiger partial charge in [-0.15, -0.1) is 5.10 Å². The Balaban J connectivity index is 1.39. The van der Waals surface area contributed by atoms with E-state index in [4.69, 9.17) is 0 Å². The van der Waals surface area contributed by atoms with Crippen molar-refractivity contribution in [2.24, 2.45) is 0 Å². The van der Waals surface area contributed by atoms with Gasteiger partial charge >= 0.3 is 0 Å². The highest BCUT2D eigenvalue weighted by atomic mass is 32.2. The molecule has 24 heavy (non-hydrogen) atoms. The molecule has 1 aliphatic heterocycles. The average Bonchev–Trinajstić information content (AvgIpc) is 3.36. The monoisotopic (exact) mass is 349 g/mol.